The lowest BCUT2D eigenvalue weighted by molar-refractivity contribution is 0.628. The summed E-state index contributed by atoms with van der Waals surface area (Å²) in [5.74, 6) is 0.237. The van der Waals surface area contributed by atoms with Crippen LogP contribution in [0.5, 0.6) is 0 Å². The highest BCUT2D eigenvalue weighted by Gasteiger charge is 2.03. The van der Waals surface area contributed by atoms with E-state index in [1.54, 1.807) is 12.1 Å². The second-order valence-corrected chi connectivity index (χ2v) is 5.23. The van der Waals surface area contributed by atoms with E-state index in [1.807, 2.05) is 42.5 Å². The van der Waals surface area contributed by atoms with Crippen LogP contribution in [0.2, 0.25) is 0 Å². The first-order valence-corrected chi connectivity index (χ1v) is 7.58. The molecule has 0 saturated heterocycles. The predicted molar refractivity (Wildman–Crippen MR) is 92.1 cm³/mol. The standard InChI is InChI=1S/C18H17FN4O/c19-15-8-10-16(11-9-15)20-13-17-21-18(24)23(22-17)12-4-7-14-5-2-1-3-6-14/h1-11,20H,12-13H2,(H,21,22,24)/b7-4+. The summed E-state index contributed by atoms with van der Waals surface area (Å²) in [6, 6.07) is 15.9. The second kappa shape index (κ2) is 7.41. The first kappa shape index (κ1) is 15.7. The van der Waals surface area contributed by atoms with Crippen LogP contribution in [0, 0.1) is 5.82 Å². The molecule has 0 aliphatic heterocycles. The van der Waals surface area contributed by atoms with E-state index in [0.29, 0.717) is 18.9 Å². The average molecular weight is 324 g/mol. The molecule has 0 unspecified atom stereocenters. The molecule has 5 nitrogen and oxygen atoms in total. The molecule has 0 aliphatic rings. The fourth-order valence-electron chi connectivity index (χ4n) is 2.21. The molecule has 0 spiro atoms. The zero-order valence-corrected chi connectivity index (χ0v) is 12.9. The van der Waals surface area contributed by atoms with E-state index in [1.165, 1.54) is 16.8 Å². The number of nitrogens with zero attached hydrogens (tertiary/aromatic N) is 2. The Hall–Kier alpha value is -3.15. The molecule has 24 heavy (non-hydrogen) atoms. The molecule has 1 aromatic heterocycles. The summed E-state index contributed by atoms with van der Waals surface area (Å²) < 4.78 is 14.2. The molecule has 3 aromatic rings. The van der Waals surface area contributed by atoms with Crippen LogP contribution in [0.1, 0.15) is 11.4 Å². The van der Waals surface area contributed by atoms with Crippen LogP contribution < -0.4 is 11.0 Å². The molecule has 0 atom stereocenters. The minimum atomic E-state index is -0.288. The van der Waals surface area contributed by atoms with E-state index in [2.05, 4.69) is 15.4 Å². The maximum Gasteiger partial charge on any atom is 0.343 e. The molecule has 1 heterocycles. The van der Waals surface area contributed by atoms with Gasteiger partial charge in [-0.3, -0.25) is 4.98 Å². The molecular weight excluding hydrogens is 307 g/mol. The van der Waals surface area contributed by atoms with Gasteiger partial charge in [0.05, 0.1) is 13.1 Å². The maximum atomic E-state index is 12.8. The van der Waals surface area contributed by atoms with E-state index < -0.39 is 0 Å². The minimum Gasteiger partial charge on any atom is -0.378 e. The van der Waals surface area contributed by atoms with Crippen LogP contribution in [0.15, 0.2) is 65.5 Å². The van der Waals surface area contributed by atoms with Gasteiger partial charge in [0.25, 0.3) is 0 Å². The third kappa shape index (κ3) is 4.19. The predicted octanol–water partition coefficient (Wildman–Crippen LogP) is 3.04. The van der Waals surface area contributed by atoms with Crippen molar-refractivity contribution in [2.75, 3.05) is 5.32 Å². The molecule has 0 amide bonds. The molecule has 0 saturated carbocycles. The topological polar surface area (TPSA) is 62.7 Å². The Morgan fingerprint density at radius 1 is 1.12 bits per heavy atom. The van der Waals surface area contributed by atoms with Gasteiger partial charge in [0.1, 0.15) is 11.6 Å². The van der Waals surface area contributed by atoms with Crippen molar-refractivity contribution in [3.05, 3.63) is 88.4 Å². The summed E-state index contributed by atoms with van der Waals surface area (Å²) in [7, 11) is 0. The first-order valence-electron chi connectivity index (χ1n) is 7.58. The van der Waals surface area contributed by atoms with Crippen molar-refractivity contribution in [1.82, 2.24) is 14.8 Å². The molecule has 3 rings (SSSR count). The van der Waals surface area contributed by atoms with Gasteiger partial charge < -0.3 is 5.32 Å². The van der Waals surface area contributed by atoms with Crippen molar-refractivity contribution < 1.29 is 4.39 Å². The summed E-state index contributed by atoms with van der Waals surface area (Å²) >= 11 is 0. The van der Waals surface area contributed by atoms with E-state index in [9.17, 15) is 9.18 Å². The Morgan fingerprint density at radius 2 is 1.88 bits per heavy atom. The first-order chi connectivity index (χ1) is 11.7. The Labute approximate surface area is 138 Å². The van der Waals surface area contributed by atoms with Gasteiger partial charge in [-0.05, 0) is 29.8 Å². The number of aromatic nitrogens is 3. The zero-order valence-electron chi connectivity index (χ0n) is 12.9. The summed E-state index contributed by atoms with van der Waals surface area (Å²) in [4.78, 5) is 14.6. The number of anilines is 1. The smallest absolute Gasteiger partial charge is 0.343 e. The molecule has 0 fully saturated rings. The highest BCUT2D eigenvalue weighted by atomic mass is 19.1. The number of H-pyrrole nitrogens is 1. The fraction of sp³-hybridized carbons (Fsp3) is 0.111. The van der Waals surface area contributed by atoms with Crippen molar-refractivity contribution in [3.8, 4) is 0 Å². The second-order valence-electron chi connectivity index (χ2n) is 5.23. The normalized spacial score (nSPS) is 11.0. The number of halogens is 1. The van der Waals surface area contributed by atoms with E-state index in [-0.39, 0.29) is 11.5 Å². The van der Waals surface area contributed by atoms with Gasteiger partial charge in [0.2, 0.25) is 0 Å². The zero-order chi connectivity index (χ0) is 16.8. The molecule has 0 radical (unpaired) electrons. The van der Waals surface area contributed by atoms with Crippen molar-refractivity contribution in [1.29, 1.82) is 0 Å². The fourth-order valence-corrected chi connectivity index (χ4v) is 2.21. The number of aromatic amines is 1. The molecular formula is C18H17FN4O. The molecule has 0 bridgehead atoms. The Balaban J connectivity index is 1.59. The van der Waals surface area contributed by atoms with Crippen LogP contribution >= 0.6 is 0 Å². The van der Waals surface area contributed by atoms with Gasteiger partial charge in [0, 0.05) is 5.69 Å². The van der Waals surface area contributed by atoms with Crippen molar-refractivity contribution in [2.24, 2.45) is 0 Å². The van der Waals surface area contributed by atoms with E-state index in [4.69, 9.17) is 0 Å². The van der Waals surface area contributed by atoms with Gasteiger partial charge >= 0.3 is 5.69 Å². The minimum absolute atomic E-state index is 0.261. The van der Waals surface area contributed by atoms with Crippen LogP contribution in [0.4, 0.5) is 10.1 Å². The monoisotopic (exact) mass is 324 g/mol. The Bertz CT molecular complexity index is 866. The van der Waals surface area contributed by atoms with E-state index in [0.717, 1.165) is 11.3 Å². The quantitative estimate of drug-likeness (QED) is 0.732. The van der Waals surface area contributed by atoms with Gasteiger partial charge in [-0.2, -0.15) is 5.10 Å². The molecule has 2 N–H and O–H groups in total. The number of hydrogen-bond acceptors (Lipinski definition) is 3. The van der Waals surface area contributed by atoms with Crippen LogP contribution in [0.25, 0.3) is 6.08 Å². The molecule has 6 heteroatoms. The van der Waals surface area contributed by atoms with Gasteiger partial charge in [-0.1, -0.05) is 42.5 Å². The lowest BCUT2D eigenvalue weighted by atomic mass is 10.2. The SMILES string of the molecule is O=c1[nH]c(CNc2ccc(F)cc2)nn1C/C=C/c1ccccc1. The van der Waals surface area contributed by atoms with Crippen LogP contribution in [-0.2, 0) is 13.1 Å². The number of benzene rings is 2. The third-order valence-electron chi connectivity index (χ3n) is 3.42. The number of nitrogens with one attached hydrogen (secondary N) is 2. The molecule has 122 valence electrons. The third-order valence-corrected chi connectivity index (χ3v) is 3.42. The van der Waals surface area contributed by atoms with Gasteiger partial charge in [-0.25, -0.2) is 13.9 Å². The van der Waals surface area contributed by atoms with Crippen LogP contribution in [0.3, 0.4) is 0 Å². The average Bonchev–Trinajstić information content (AvgIpc) is 2.95. The van der Waals surface area contributed by atoms with Crippen LogP contribution in [-0.4, -0.2) is 14.8 Å². The Morgan fingerprint density at radius 3 is 2.62 bits per heavy atom. The number of allylic oxidation sites excluding steroid dienone is 1. The molecule has 0 aliphatic carbocycles. The largest absolute Gasteiger partial charge is 0.378 e. The number of rotatable bonds is 6. The highest BCUT2D eigenvalue weighted by molar-refractivity contribution is 5.48. The summed E-state index contributed by atoms with van der Waals surface area (Å²) in [6.45, 7) is 0.747. The van der Waals surface area contributed by atoms with E-state index >= 15 is 0 Å². The summed E-state index contributed by atoms with van der Waals surface area (Å²) in [5.41, 5.74) is 1.57. The lowest BCUT2D eigenvalue weighted by Gasteiger charge is -2.03. The van der Waals surface area contributed by atoms with Crippen molar-refractivity contribution in [3.63, 3.8) is 0 Å². The Kier molecular flexibility index (Phi) is 4.86. The van der Waals surface area contributed by atoms with Crippen molar-refractivity contribution in [2.45, 2.75) is 13.1 Å². The van der Waals surface area contributed by atoms with Gasteiger partial charge in [0.15, 0.2) is 0 Å². The van der Waals surface area contributed by atoms with Gasteiger partial charge in [-0.15, -0.1) is 0 Å². The highest BCUT2D eigenvalue weighted by Crippen LogP contribution is 2.08. The van der Waals surface area contributed by atoms with Crippen molar-refractivity contribution >= 4 is 11.8 Å². The lowest BCUT2D eigenvalue weighted by Crippen LogP contribution is -2.16. The molecule has 2 aromatic carbocycles. The summed E-state index contributed by atoms with van der Waals surface area (Å²) in [6.07, 6.45) is 3.83. The summed E-state index contributed by atoms with van der Waals surface area (Å²) in [5, 5.41) is 7.31. The number of hydrogen-bond donors (Lipinski definition) is 2. The maximum absolute atomic E-state index is 12.8.